The molecule has 0 aliphatic heterocycles. The summed E-state index contributed by atoms with van der Waals surface area (Å²) in [4.78, 5) is 28.0. The van der Waals surface area contributed by atoms with Gasteiger partial charge in [0.1, 0.15) is 11.9 Å². The van der Waals surface area contributed by atoms with Gasteiger partial charge < -0.3 is 10.2 Å². The summed E-state index contributed by atoms with van der Waals surface area (Å²) < 4.78 is 14.2. The quantitative estimate of drug-likeness (QED) is 0.610. The van der Waals surface area contributed by atoms with Gasteiger partial charge in [0, 0.05) is 35.2 Å². The number of carbonyl (C=O) groups is 2. The van der Waals surface area contributed by atoms with Crippen molar-refractivity contribution < 1.29 is 14.0 Å². The summed E-state index contributed by atoms with van der Waals surface area (Å²) in [5.41, 5.74) is 1.59. The molecule has 2 aromatic carbocycles. The molecule has 1 N–H and O–H groups in total. The first-order valence-corrected chi connectivity index (χ1v) is 10.8. The van der Waals surface area contributed by atoms with Crippen LogP contribution in [0.2, 0.25) is 0 Å². The predicted octanol–water partition coefficient (Wildman–Crippen LogP) is 4.56. The fourth-order valence-corrected chi connectivity index (χ4v) is 3.67. The average molecular weight is 417 g/mol. The molecule has 6 heteroatoms. The summed E-state index contributed by atoms with van der Waals surface area (Å²) in [6.07, 6.45) is 0.270. The van der Waals surface area contributed by atoms with E-state index in [2.05, 4.69) is 5.32 Å². The molecule has 156 valence electrons. The van der Waals surface area contributed by atoms with E-state index in [4.69, 9.17) is 0 Å². The van der Waals surface area contributed by atoms with Gasteiger partial charge in [0.15, 0.2) is 0 Å². The summed E-state index contributed by atoms with van der Waals surface area (Å²) in [5.74, 6) is -0.195. The number of carbonyl (C=O) groups excluding carboxylic acids is 2. The molecule has 0 aliphatic carbocycles. The summed E-state index contributed by atoms with van der Waals surface area (Å²) in [5, 5.41) is 2.83. The fourth-order valence-electron chi connectivity index (χ4n) is 2.83. The van der Waals surface area contributed by atoms with Gasteiger partial charge in [-0.05, 0) is 45.9 Å². The Balaban J connectivity index is 2.07. The third kappa shape index (κ3) is 7.20. The van der Waals surface area contributed by atoms with E-state index in [0.29, 0.717) is 11.3 Å². The number of halogens is 1. The van der Waals surface area contributed by atoms with E-state index in [-0.39, 0.29) is 36.6 Å². The van der Waals surface area contributed by atoms with Crippen molar-refractivity contribution in [2.24, 2.45) is 0 Å². The molecule has 0 saturated heterocycles. The Morgan fingerprint density at radius 3 is 2.34 bits per heavy atom. The summed E-state index contributed by atoms with van der Waals surface area (Å²) in [6, 6.07) is 13.8. The van der Waals surface area contributed by atoms with E-state index in [9.17, 15) is 14.0 Å². The zero-order valence-electron chi connectivity index (χ0n) is 17.4. The molecule has 2 aromatic rings. The van der Waals surface area contributed by atoms with Crippen molar-refractivity contribution >= 4 is 23.6 Å². The lowest BCUT2D eigenvalue weighted by atomic mass is 10.1. The molecule has 4 nitrogen and oxygen atoms in total. The number of amides is 2. The lowest BCUT2D eigenvalue weighted by Gasteiger charge is -2.29. The van der Waals surface area contributed by atoms with Gasteiger partial charge >= 0.3 is 0 Å². The minimum atomic E-state index is -0.686. The van der Waals surface area contributed by atoms with Gasteiger partial charge in [-0.25, -0.2) is 4.39 Å². The smallest absolute Gasteiger partial charge is 0.242 e. The summed E-state index contributed by atoms with van der Waals surface area (Å²) >= 11 is 1.59. The number of thioether (sulfide) groups is 1. The van der Waals surface area contributed by atoms with E-state index < -0.39 is 6.04 Å². The second-order valence-electron chi connectivity index (χ2n) is 7.36. The Hall–Kier alpha value is -2.34. The molecule has 0 unspecified atom stereocenters. The Morgan fingerprint density at radius 2 is 1.72 bits per heavy atom. The maximum absolute atomic E-state index is 14.2. The number of nitrogens with zero attached hydrogens (tertiary/aromatic N) is 1. The number of hydrogen-bond donors (Lipinski definition) is 1. The van der Waals surface area contributed by atoms with E-state index in [1.807, 2.05) is 45.0 Å². The standard InChI is InChI=1S/C23H29FN2O2S/c1-16(2)25-23(28)18(4)26(15-19-7-5-6-8-21(19)24)22(27)13-14-29-20-11-9-17(3)10-12-20/h5-12,16,18H,13-15H2,1-4H3,(H,25,28)/t18-/m0/s1. The van der Waals surface area contributed by atoms with Gasteiger partial charge in [0.25, 0.3) is 0 Å². The third-order valence-electron chi connectivity index (χ3n) is 4.50. The van der Waals surface area contributed by atoms with E-state index >= 15 is 0 Å². The Bertz CT molecular complexity index is 824. The van der Waals surface area contributed by atoms with Crippen LogP contribution in [0.25, 0.3) is 0 Å². The van der Waals surface area contributed by atoms with Crippen LogP contribution in [0.3, 0.4) is 0 Å². The molecule has 0 aromatic heterocycles. The van der Waals surface area contributed by atoms with Crippen molar-refractivity contribution in [1.82, 2.24) is 10.2 Å². The van der Waals surface area contributed by atoms with E-state index in [1.54, 1.807) is 36.9 Å². The van der Waals surface area contributed by atoms with Crippen LogP contribution in [0.5, 0.6) is 0 Å². The minimum absolute atomic E-state index is 0.0348. The second kappa shape index (κ2) is 11.0. The first-order chi connectivity index (χ1) is 13.8. The van der Waals surface area contributed by atoms with Gasteiger partial charge in [-0.15, -0.1) is 11.8 Å². The maximum Gasteiger partial charge on any atom is 0.242 e. The molecule has 1 atom stereocenters. The topological polar surface area (TPSA) is 49.4 Å². The first kappa shape index (κ1) is 22.9. The van der Waals surface area contributed by atoms with Crippen molar-refractivity contribution in [1.29, 1.82) is 0 Å². The zero-order valence-corrected chi connectivity index (χ0v) is 18.3. The monoisotopic (exact) mass is 416 g/mol. The van der Waals surface area contributed by atoms with Gasteiger partial charge in [0.2, 0.25) is 11.8 Å². The summed E-state index contributed by atoms with van der Waals surface area (Å²) in [6.45, 7) is 7.51. The Morgan fingerprint density at radius 1 is 1.07 bits per heavy atom. The number of rotatable bonds is 9. The first-order valence-electron chi connectivity index (χ1n) is 9.80. The molecular formula is C23H29FN2O2S. The Kier molecular flexibility index (Phi) is 8.70. The molecule has 29 heavy (non-hydrogen) atoms. The highest BCUT2D eigenvalue weighted by molar-refractivity contribution is 7.99. The normalized spacial score (nSPS) is 11.9. The van der Waals surface area contributed by atoms with Crippen LogP contribution < -0.4 is 5.32 Å². The van der Waals surface area contributed by atoms with Crippen LogP contribution >= 0.6 is 11.8 Å². The Labute approximate surface area is 176 Å². The van der Waals surface area contributed by atoms with Crippen molar-refractivity contribution in [2.45, 2.75) is 57.6 Å². The second-order valence-corrected chi connectivity index (χ2v) is 8.53. The largest absolute Gasteiger partial charge is 0.352 e. The molecule has 0 saturated carbocycles. The van der Waals surface area contributed by atoms with E-state index in [0.717, 1.165) is 4.90 Å². The number of benzene rings is 2. The summed E-state index contributed by atoms with van der Waals surface area (Å²) in [7, 11) is 0. The van der Waals surface area contributed by atoms with Crippen molar-refractivity contribution in [3.63, 3.8) is 0 Å². The predicted molar refractivity (Wildman–Crippen MR) is 116 cm³/mol. The van der Waals surface area contributed by atoms with Gasteiger partial charge in [-0.2, -0.15) is 0 Å². The average Bonchev–Trinajstić information content (AvgIpc) is 2.67. The van der Waals surface area contributed by atoms with Crippen LogP contribution in [-0.4, -0.2) is 34.6 Å². The van der Waals surface area contributed by atoms with Gasteiger partial charge in [-0.1, -0.05) is 35.9 Å². The molecule has 2 rings (SSSR count). The molecular weight excluding hydrogens is 387 g/mol. The van der Waals surface area contributed by atoms with Crippen LogP contribution in [-0.2, 0) is 16.1 Å². The molecule has 0 heterocycles. The molecule has 0 aliphatic rings. The van der Waals surface area contributed by atoms with Crippen LogP contribution in [0.1, 0.15) is 38.3 Å². The lowest BCUT2D eigenvalue weighted by Crippen LogP contribution is -2.49. The molecule has 0 radical (unpaired) electrons. The number of aryl methyl sites for hydroxylation is 1. The van der Waals surface area contributed by atoms with Gasteiger partial charge in [-0.3, -0.25) is 9.59 Å². The molecule has 2 amide bonds. The molecule has 0 spiro atoms. The number of nitrogens with one attached hydrogen (secondary N) is 1. The molecule has 0 bridgehead atoms. The lowest BCUT2D eigenvalue weighted by molar-refractivity contribution is -0.140. The van der Waals surface area contributed by atoms with E-state index in [1.165, 1.54) is 16.5 Å². The van der Waals surface area contributed by atoms with Crippen molar-refractivity contribution in [2.75, 3.05) is 5.75 Å². The van der Waals surface area contributed by atoms with Crippen molar-refractivity contribution in [3.05, 3.63) is 65.5 Å². The number of hydrogen-bond acceptors (Lipinski definition) is 3. The SMILES string of the molecule is Cc1ccc(SCCC(=O)N(Cc2ccccc2F)[C@@H](C)C(=O)NC(C)C)cc1. The van der Waals surface area contributed by atoms with Crippen LogP contribution in [0.15, 0.2) is 53.4 Å². The van der Waals surface area contributed by atoms with Crippen LogP contribution in [0.4, 0.5) is 4.39 Å². The van der Waals surface area contributed by atoms with Gasteiger partial charge in [0.05, 0.1) is 0 Å². The third-order valence-corrected chi connectivity index (χ3v) is 5.52. The molecule has 0 fully saturated rings. The highest BCUT2D eigenvalue weighted by Crippen LogP contribution is 2.21. The maximum atomic E-state index is 14.2. The zero-order chi connectivity index (χ0) is 21.4. The highest BCUT2D eigenvalue weighted by Gasteiger charge is 2.26. The van der Waals surface area contributed by atoms with Crippen molar-refractivity contribution in [3.8, 4) is 0 Å². The fraction of sp³-hybridized carbons (Fsp3) is 0.391. The highest BCUT2D eigenvalue weighted by atomic mass is 32.2. The minimum Gasteiger partial charge on any atom is -0.352 e. The van der Waals surface area contributed by atoms with Crippen LogP contribution in [0, 0.1) is 12.7 Å².